The first-order valence-corrected chi connectivity index (χ1v) is 4.34. The van der Waals surface area contributed by atoms with Crippen molar-refractivity contribution in [3.8, 4) is 0 Å². The molecule has 0 N–H and O–H groups in total. The molecule has 0 unspecified atom stereocenters. The minimum atomic E-state index is -4.29. The molecule has 6 heteroatoms. The molecule has 13 heavy (non-hydrogen) atoms. The lowest BCUT2D eigenvalue weighted by molar-refractivity contribution is -0.136. The third kappa shape index (κ3) is 1.21. The average Bonchev–Trinajstić information content (AvgIpc) is 2.51. The SMILES string of the molecule is Cn1cc(C(F)(F)F)c2scnc21. The third-order valence-electron chi connectivity index (χ3n) is 1.76. The fourth-order valence-electron chi connectivity index (χ4n) is 1.19. The van der Waals surface area contributed by atoms with E-state index in [1.807, 2.05) is 0 Å². The van der Waals surface area contributed by atoms with Gasteiger partial charge < -0.3 is 4.57 Å². The second-order valence-electron chi connectivity index (χ2n) is 2.66. The Morgan fingerprint density at radius 2 is 2.15 bits per heavy atom. The maximum absolute atomic E-state index is 12.4. The van der Waals surface area contributed by atoms with Crippen LogP contribution in [0.5, 0.6) is 0 Å². The molecule has 2 rings (SSSR count). The third-order valence-corrected chi connectivity index (χ3v) is 2.60. The van der Waals surface area contributed by atoms with Crippen LogP contribution in [0.15, 0.2) is 11.7 Å². The van der Waals surface area contributed by atoms with E-state index < -0.39 is 11.7 Å². The van der Waals surface area contributed by atoms with Crippen LogP contribution in [0.25, 0.3) is 10.3 Å². The highest BCUT2D eigenvalue weighted by Gasteiger charge is 2.35. The predicted molar refractivity (Wildman–Crippen MR) is 43.6 cm³/mol. The number of hydrogen-bond donors (Lipinski definition) is 0. The maximum atomic E-state index is 12.4. The lowest BCUT2D eigenvalue weighted by Gasteiger charge is -2.01. The Morgan fingerprint density at radius 3 is 2.77 bits per heavy atom. The Labute approximate surface area is 75.6 Å². The number of alkyl halides is 3. The summed E-state index contributed by atoms with van der Waals surface area (Å²) in [6, 6.07) is 0. The van der Waals surface area contributed by atoms with Gasteiger partial charge in [0.05, 0.1) is 15.8 Å². The summed E-state index contributed by atoms with van der Waals surface area (Å²) in [7, 11) is 1.55. The highest BCUT2D eigenvalue weighted by atomic mass is 32.1. The molecule has 0 aliphatic rings. The van der Waals surface area contributed by atoms with Gasteiger partial charge in [0.2, 0.25) is 0 Å². The molecule has 0 aromatic carbocycles. The van der Waals surface area contributed by atoms with Crippen molar-refractivity contribution in [1.29, 1.82) is 0 Å². The fraction of sp³-hybridized carbons (Fsp3) is 0.286. The Kier molecular flexibility index (Phi) is 1.63. The van der Waals surface area contributed by atoms with Gasteiger partial charge in [0.25, 0.3) is 0 Å². The number of aryl methyl sites for hydroxylation is 1. The van der Waals surface area contributed by atoms with Crippen molar-refractivity contribution in [3.05, 3.63) is 17.3 Å². The van der Waals surface area contributed by atoms with Crippen LogP contribution < -0.4 is 0 Å². The van der Waals surface area contributed by atoms with E-state index in [1.165, 1.54) is 10.1 Å². The topological polar surface area (TPSA) is 17.8 Å². The number of rotatable bonds is 0. The number of fused-ring (bicyclic) bond motifs is 1. The van der Waals surface area contributed by atoms with Gasteiger partial charge in [-0.2, -0.15) is 13.2 Å². The molecule has 2 nitrogen and oxygen atoms in total. The van der Waals surface area contributed by atoms with Crippen molar-refractivity contribution in [2.45, 2.75) is 6.18 Å². The molecule has 0 saturated carbocycles. The molecule has 0 aliphatic carbocycles. The average molecular weight is 206 g/mol. The molecule has 0 amide bonds. The summed E-state index contributed by atoms with van der Waals surface area (Å²) in [5.74, 6) is 0. The summed E-state index contributed by atoms with van der Waals surface area (Å²) in [4.78, 5) is 3.83. The molecular weight excluding hydrogens is 201 g/mol. The fourth-order valence-corrected chi connectivity index (χ4v) is 2.05. The Balaban J connectivity index is 2.76. The first-order valence-electron chi connectivity index (χ1n) is 3.46. The summed E-state index contributed by atoms with van der Waals surface area (Å²) < 4.78 is 38.7. The standard InChI is InChI=1S/C7H5F3N2S/c1-12-2-4(7(8,9)10)5-6(12)11-3-13-5/h2-3H,1H3. The largest absolute Gasteiger partial charge is 0.419 e. The van der Waals surface area contributed by atoms with Crippen LogP contribution in [0, 0.1) is 0 Å². The van der Waals surface area contributed by atoms with Crippen molar-refractivity contribution in [1.82, 2.24) is 9.55 Å². The minimum absolute atomic E-state index is 0.204. The van der Waals surface area contributed by atoms with Gasteiger partial charge in [-0.25, -0.2) is 4.98 Å². The Bertz CT molecular complexity index is 440. The van der Waals surface area contributed by atoms with E-state index in [0.717, 1.165) is 17.5 Å². The second-order valence-corrected chi connectivity index (χ2v) is 3.51. The second kappa shape index (κ2) is 2.47. The molecular formula is C7H5F3N2S. The van der Waals surface area contributed by atoms with E-state index in [0.29, 0.717) is 5.65 Å². The maximum Gasteiger partial charge on any atom is 0.419 e. The van der Waals surface area contributed by atoms with Gasteiger partial charge in [0.1, 0.15) is 0 Å². The Hall–Kier alpha value is -1.04. The van der Waals surface area contributed by atoms with E-state index in [4.69, 9.17) is 0 Å². The molecule has 70 valence electrons. The zero-order chi connectivity index (χ0) is 9.64. The van der Waals surface area contributed by atoms with Gasteiger partial charge >= 0.3 is 6.18 Å². The van der Waals surface area contributed by atoms with Gasteiger partial charge in [-0.15, -0.1) is 11.3 Å². The zero-order valence-electron chi connectivity index (χ0n) is 6.59. The van der Waals surface area contributed by atoms with Gasteiger partial charge in [-0.1, -0.05) is 0 Å². The Morgan fingerprint density at radius 1 is 1.46 bits per heavy atom. The lowest BCUT2D eigenvalue weighted by Crippen LogP contribution is -2.03. The summed E-state index contributed by atoms with van der Waals surface area (Å²) in [6.45, 7) is 0. The molecule has 0 atom stereocenters. The number of hydrogen-bond acceptors (Lipinski definition) is 2. The van der Waals surface area contributed by atoms with Crippen molar-refractivity contribution in [3.63, 3.8) is 0 Å². The van der Waals surface area contributed by atoms with Crippen LogP contribution >= 0.6 is 11.3 Å². The first-order chi connectivity index (χ1) is 6.00. The van der Waals surface area contributed by atoms with E-state index in [9.17, 15) is 13.2 Å². The van der Waals surface area contributed by atoms with Crippen LogP contribution in [-0.4, -0.2) is 9.55 Å². The van der Waals surface area contributed by atoms with E-state index >= 15 is 0 Å². The molecule has 2 heterocycles. The van der Waals surface area contributed by atoms with Crippen LogP contribution in [-0.2, 0) is 13.2 Å². The number of nitrogens with zero attached hydrogens (tertiary/aromatic N) is 2. The number of aromatic nitrogens is 2. The summed E-state index contributed by atoms with van der Waals surface area (Å²) in [5, 5.41) is 0. The van der Waals surface area contributed by atoms with Gasteiger partial charge in [-0.05, 0) is 0 Å². The quantitative estimate of drug-likeness (QED) is 0.648. The van der Waals surface area contributed by atoms with Gasteiger partial charge in [0.15, 0.2) is 5.65 Å². The van der Waals surface area contributed by atoms with Crippen LogP contribution in [0.2, 0.25) is 0 Å². The molecule has 0 bridgehead atoms. The smallest absolute Gasteiger partial charge is 0.334 e. The zero-order valence-corrected chi connectivity index (χ0v) is 7.41. The molecule has 0 fully saturated rings. The minimum Gasteiger partial charge on any atom is -0.334 e. The van der Waals surface area contributed by atoms with Crippen LogP contribution in [0.3, 0.4) is 0 Å². The molecule has 0 saturated heterocycles. The molecule has 2 aromatic rings. The molecule has 2 aromatic heterocycles. The molecule has 0 spiro atoms. The van der Waals surface area contributed by atoms with E-state index in [2.05, 4.69) is 4.98 Å². The summed E-state index contributed by atoms with van der Waals surface area (Å²) in [5.41, 5.74) is 1.20. The van der Waals surface area contributed by atoms with E-state index in [1.54, 1.807) is 7.05 Å². The highest BCUT2D eigenvalue weighted by Crippen LogP contribution is 2.37. The van der Waals surface area contributed by atoms with Crippen molar-refractivity contribution in [2.75, 3.05) is 0 Å². The van der Waals surface area contributed by atoms with E-state index in [-0.39, 0.29) is 4.70 Å². The normalized spacial score (nSPS) is 12.6. The molecule has 0 aliphatic heterocycles. The summed E-state index contributed by atoms with van der Waals surface area (Å²) >= 11 is 1.01. The summed E-state index contributed by atoms with van der Waals surface area (Å²) in [6.07, 6.45) is -3.22. The van der Waals surface area contributed by atoms with Crippen LogP contribution in [0.1, 0.15) is 5.56 Å². The molecule has 0 radical (unpaired) electrons. The monoisotopic (exact) mass is 206 g/mol. The predicted octanol–water partition coefficient (Wildman–Crippen LogP) is 2.65. The van der Waals surface area contributed by atoms with Crippen molar-refractivity contribution < 1.29 is 13.2 Å². The number of thiazole rings is 1. The van der Waals surface area contributed by atoms with Crippen LogP contribution in [0.4, 0.5) is 13.2 Å². The first kappa shape index (κ1) is 8.55. The highest BCUT2D eigenvalue weighted by molar-refractivity contribution is 7.16. The lowest BCUT2D eigenvalue weighted by atomic mass is 10.3. The van der Waals surface area contributed by atoms with Gasteiger partial charge in [0, 0.05) is 13.2 Å². The van der Waals surface area contributed by atoms with Crippen molar-refractivity contribution in [2.24, 2.45) is 7.05 Å². The number of halogens is 3. The van der Waals surface area contributed by atoms with Crippen molar-refractivity contribution >= 4 is 21.7 Å². The van der Waals surface area contributed by atoms with Gasteiger partial charge in [-0.3, -0.25) is 0 Å².